The molecular weight excluding hydrogens is 344 g/mol. The van der Waals surface area contributed by atoms with Crippen LogP contribution in [-0.2, 0) is 9.59 Å². The summed E-state index contributed by atoms with van der Waals surface area (Å²) < 4.78 is 0. The van der Waals surface area contributed by atoms with Crippen molar-refractivity contribution < 1.29 is 14.4 Å². The molecule has 2 fully saturated rings. The van der Waals surface area contributed by atoms with Gasteiger partial charge in [-0.1, -0.05) is 26.2 Å². The first-order chi connectivity index (χ1) is 13.0. The van der Waals surface area contributed by atoms with E-state index < -0.39 is 17.7 Å². The van der Waals surface area contributed by atoms with E-state index in [0.29, 0.717) is 24.1 Å². The third-order valence-corrected chi connectivity index (χ3v) is 5.79. The molecule has 1 aliphatic carbocycles. The van der Waals surface area contributed by atoms with E-state index in [1.807, 2.05) is 0 Å². The maximum absolute atomic E-state index is 12.9. The van der Waals surface area contributed by atoms with Crippen LogP contribution >= 0.6 is 0 Å². The summed E-state index contributed by atoms with van der Waals surface area (Å²) in [7, 11) is 0. The maximum Gasteiger partial charge on any atom is 0.313 e. The SMILES string of the molecule is C[C@H]1CC[C@H](C2CCCCC2)N(C(=O)C(=O)Nc2cncc(C(N)=O)c2)C1. The van der Waals surface area contributed by atoms with Crippen LogP contribution in [0.5, 0.6) is 0 Å². The number of rotatable bonds is 3. The smallest absolute Gasteiger partial charge is 0.313 e. The number of hydrogen-bond acceptors (Lipinski definition) is 4. The second-order valence-electron chi connectivity index (χ2n) is 7.89. The molecule has 0 bridgehead atoms. The molecular formula is C20H28N4O3. The highest BCUT2D eigenvalue weighted by atomic mass is 16.2. The Morgan fingerprint density at radius 2 is 1.85 bits per heavy atom. The van der Waals surface area contributed by atoms with Gasteiger partial charge in [-0.25, -0.2) is 0 Å². The van der Waals surface area contributed by atoms with Gasteiger partial charge in [-0.2, -0.15) is 0 Å². The van der Waals surface area contributed by atoms with Gasteiger partial charge in [0.05, 0.1) is 17.4 Å². The number of aromatic nitrogens is 1. The number of likely N-dealkylation sites (tertiary alicyclic amines) is 1. The molecule has 1 saturated heterocycles. The zero-order valence-electron chi connectivity index (χ0n) is 15.8. The lowest BCUT2D eigenvalue weighted by Gasteiger charge is -2.43. The van der Waals surface area contributed by atoms with Crippen molar-refractivity contribution in [2.45, 2.75) is 57.9 Å². The van der Waals surface area contributed by atoms with Gasteiger partial charge in [-0.15, -0.1) is 0 Å². The Kier molecular flexibility index (Phi) is 6.08. The molecule has 27 heavy (non-hydrogen) atoms. The topological polar surface area (TPSA) is 105 Å². The highest BCUT2D eigenvalue weighted by molar-refractivity contribution is 6.39. The number of hydrogen-bond donors (Lipinski definition) is 2. The van der Waals surface area contributed by atoms with Crippen LogP contribution in [0.1, 0.15) is 62.2 Å². The largest absolute Gasteiger partial charge is 0.366 e. The van der Waals surface area contributed by atoms with Crippen molar-refractivity contribution in [3.63, 3.8) is 0 Å². The first-order valence-electron chi connectivity index (χ1n) is 9.82. The van der Waals surface area contributed by atoms with E-state index in [-0.39, 0.29) is 11.6 Å². The summed E-state index contributed by atoms with van der Waals surface area (Å²) in [5.74, 6) is -0.939. The molecule has 7 heteroatoms. The lowest BCUT2D eigenvalue weighted by molar-refractivity contribution is -0.147. The zero-order chi connectivity index (χ0) is 19.4. The van der Waals surface area contributed by atoms with E-state index in [9.17, 15) is 14.4 Å². The van der Waals surface area contributed by atoms with Gasteiger partial charge in [-0.3, -0.25) is 19.4 Å². The molecule has 3 N–H and O–H groups in total. The molecule has 1 saturated carbocycles. The summed E-state index contributed by atoms with van der Waals surface area (Å²) in [6.45, 7) is 2.74. The normalized spacial score (nSPS) is 23.7. The molecule has 2 heterocycles. The molecule has 0 radical (unpaired) electrons. The molecule has 3 amide bonds. The van der Waals surface area contributed by atoms with Crippen molar-refractivity contribution in [2.75, 3.05) is 11.9 Å². The molecule has 3 rings (SSSR count). The quantitative estimate of drug-likeness (QED) is 0.794. The number of amides is 3. The molecule has 1 aliphatic heterocycles. The molecule has 1 aromatic heterocycles. The van der Waals surface area contributed by atoms with Gasteiger partial charge in [0.1, 0.15) is 0 Å². The lowest BCUT2D eigenvalue weighted by Crippen LogP contribution is -2.53. The van der Waals surface area contributed by atoms with Crippen LogP contribution in [0.4, 0.5) is 5.69 Å². The molecule has 0 unspecified atom stereocenters. The summed E-state index contributed by atoms with van der Waals surface area (Å²) in [5.41, 5.74) is 5.72. The fourth-order valence-electron chi connectivity index (χ4n) is 4.37. The molecule has 1 aromatic rings. The number of anilines is 1. The number of primary amides is 1. The minimum atomic E-state index is -0.687. The summed E-state index contributed by atoms with van der Waals surface area (Å²) in [6.07, 6.45) is 10.7. The average Bonchev–Trinajstić information content (AvgIpc) is 2.68. The van der Waals surface area contributed by atoms with Crippen LogP contribution in [0, 0.1) is 11.8 Å². The van der Waals surface area contributed by atoms with Crippen LogP contribution < -0.4 is 11.1 Å². The maximum atomic E-state index is 12.9. The number of carbonyl (C=O) groups is 3. The van der Waals surface area contributed by atoms with E-state index in [0.717, 1.165) is 25.7 Å². The summed E-state index contributed by atoms with van der Waals surface area (Å²) in [4.78, 5) is 42.4. The Labute approximate surface area is 159 Å². The van der Waals surface area contributed by atoms with Gasteiger partial charge in [0.2, 0.25) is 5.91 Å². The predicted molar refractivity (Wildman–Crippen MR) is 102 cm³/mol. The highest BCUT2D eigenvalue weighted by Crippen LogP contribution is 2.35. The molecule has 0 spiro atoms. The molecule has 2 atom stereocenters. The Bertz CT molecular complexity index is 715. The lowest BCUT2D eigenvalue weighted by atomic mass is 9.78. The van der Waals surface area contributed by atoms with Crippen molar-refractivity contribution in [3.8, 4) is 0 Å². The van der Waals surface area contributed by atoms with E-state index in [1.165, 1.54) is 37.7 Å². The average molecular weight is 372 g/mol. The van der Waals surface area contributed by atoms with Gasteiger partial charge in [0.25, 0.3) is 0 Å². The van der Waals surface area contributed by atoms with Crippen LogP contribution in [0.3, 0.4) is 0 Å². The van der Waals surface area contributed by atoms with Crippen LogP contribution in [-0.4, -0.2) is 40.2 Å². The highest BCUT2D eigenvalue weighted by Gasteiger charge is 2.37. The van der Waals surface area contributed by atoms with Crippen LogP contribution in [0.25, 0.3) is 0 Å². The fraction of sp³-hybridized carbons (Fsp3) is 0.600. The van der Waals surface area contributed by atoms with Gasteiger partial charge in [0.15, 0.2) is 0 Å². The van der Waals surface area contributed by atoms with Crippen molar-refractivity contribution in [1.82, 2.24) is 9.88 Å². The summed E-state index contributed by atoms with van der Waals surface area (Å²) in [6, 6.07) is 1.58. The standard InChI is InChI=1S/C20H28N4O3/c1-13-7-8-17(14-5-3-2-4-6-14)24(12-13)20(27)19(26)23-16-9-15(18(21)25)10-22-11-16/h9-11,13-14,17H,2-8,12H2,1H3,(H2,21,25)(H,23,26)/t13-,17+/m0/s1. The minimum absolute atomic E-state index is 0.148. The Hall–Kier alpha value is -2.44. The van der Waals surface area contributed by atoms with Gasteiger partial charge >= 0.3 is 11.8 Å². The van der Waals surface area contributed by atoms with Gasteiger partial charge < -0.3 is 16.0 Å². The monoisotopic (exact) mass is 372 g/mol. The summed E-state index contributed by atoms with van der Waals surface area (Å²) >= 11 is 0. The van der Waals surface area contributed by atoms with Crippen molar-refractivity contribution >= 4 is 23.4 Å². The second kappa shape index (κ2) is 8.50. The van der Waals surface area contributed by atoms with Crippen LogP contribution in [0.2, 0.25) is 0 Å². The van der Waals surface area contributed by atoms with Crippen molar-refractivity contribution in [3.05, 3.63) is 24.0 Å². The number of nitrogens with one attached hydrogen (secondary N) is 1. The Morgan fingerprint density at radius 3 is 2.56 bits per heavy atom. The Balaban J connectivity index is 1.71. The Morgan fingerprint density at radius 1 is 1.11 bits per heavy atom. The van der Waals surface area contributed by atoms with Gasteiger partial charge in [0, 0.05) is 18.8 Å². The number of carbonyl (C=O) groups excluding carboxylic acids is 3. The zero-order valence-corrected chi connectivity index (χ0v) is 15.8. The van der Waals surface area contributed by atoms with E-state index >= 15 is 0 Å². The molecule has 146 valence electrons. The first-order valence-corrected chi connectivity index (χ1v) is 9.82. The third kappa shape index (κ3) is 4.64. The summed E-state index contributed by atoms with van der Waals surface area (Å²) in [5, 5.41) is 2.57. The van der Waals surface area contributed by atoms with Crippen molar-refractivity contribution in [2.24, 2.45) is 17.6 Å². The predicted octanol–water partition coefficient (Wildman–Crippen LogP) is 2.33. The van der Waals surface area contributed by atoms with E-state index in [1.54, 1.807) is 4.90 Å². The van der Waals surface area contributed by atoms with Gasteiger partial charge in [-0.05, 0) is 43.6 Å². The van der Waals surface area contributed by atoms with Crippen LogP contribution in [0.15, 0.2) is 18.5 Å². The minimum Gasteiger partial charge on any atom is -0.366 e. The van der Waals surface area contributed by atoms with Crippen molar-refractivity contribution in [1.29, 1.82) is 0 Å². The molecule has 2 aliphatic rings. The fourth-order valence-corrected chi connectivity index (χ4v) is 4.37. The van der Waals surface area contributed by atoms with E-state index in [4.69, 9.17) is 5.73 Å². The number of nitrogens with two attached hydrogens (primary N) is 1. The van der Waals surface area contributed by atoms with E-state index in [2.05, 4.69) is 17.2 Å². The number of piperidine rings is 1. The molecule has 7 nitrogen and oxygen atoms in total. The second-order valence-corrected chi connectivity index (χ2v) is 7.89. The third-order valence-electron chi connectivity index (χ3n) is 5.79. The number of pyridine rings is 1. The first kappa shape index (κ1) is 19.3. The molecule has 0 aromatic carbocycles. The number of nitrogens with zero attached hydrogens (tertiary/aromatic N) is 2.